The summed E-state index contributed by atoms with van der Waals surface area (Å²) in [4.78, 5) is 4.58. The third-order valence-electron chi connectivity index (χ3n) is 5.25. The minimum Gasteiger partial charge on any atom is -0.256 e. The highest BCUT2D eigenvalue weighted by molar-refractivity contribution is 5.71. The Labute approximate surface area is 144 Å². The van der Waals surface area contributed by atoms with Crippen molar-refractivity contribution in [2.75, 3.05) is 0 Å². The fraction of sp³-hybridized carbons (Fsp3) is 0.261. The van der Waals surface area contributed by atoms with Crippen LogP contribution in [0.4, 0.5) is 0 Å². The topological polar surface area (TPSA) is 12.9 Å². The molecule has 3 aromatic rings. The second-order valence-corrected chi connectivity index (χ2v) is 6.85. The Balaban J connectivity index is 1.65. The van der Waals surface area contributed by atoms with Gasteiger partial charge in [-0.1, -0.05) is 61.4 Å². The van der Waals surface area contributed by atoms with Crippen LogP contribution in [0, 0.1) is 6.92 Å². The Morgan fingerprint density at radius 1 is 0.833 bits per heavy atom. The summed E-state index contributed by atoms with van der Waals surface area (Å²) in [5, 5.41) is 0. The molecule has 1 fully saturated rings. The van der Waals surface area contributed by atoms with E-state index in [2.05, 4.69) is 72.6 Å². The van der Waals surface area contributed by atoms with Gasteiger partial charge in [-0.2, -0.15) is 0 Å². The lowest BCUT2D eigenvalue weighted by atomic mass is 9.95. The van der Waals surface area contributed by atoms with Crippen molar-refractivity contribution in [2.45, 2.75) is 38.5 Å². The smallest absolute Gasteiger partial charge is 0.0710 e. The van der Waals surface area contributed by atoms with Crippen LogP contribution in [0.2, 0.25) is 0 Å². The van der Waals surface area contributed by atoms with E-state index in [0.717, 1.165) is 11.6 Å². The maximum Gasteiger partial charge on any atom is 0.0710 e. The first-order valence-corrected chi connectivity index (χ1v) is 8.94. The molecule has 1 heteroatoms. The van der Waals surface area contributed by atoms with Crippen molar-refractivity contribution in [1.29, 1.82) is 0 Å². The van der Waals surface area contributed by atoms with Gasteiger partial charge in [-0.15, -0.1) is 0 Å². The second kappa shape index (κ2) is 6.60. The Kier molecular flexibility index (Phi) is 4.17. The maximum atomic E-state index is 4.58. The number of aryl methyl sites for hydroxylation is 1. The fourth-order valence-corrected chi connectivity index (χ4v) is 3.82. The lowest BCUT2D eigenvalue weighted by molar-refractivity contribution is 0.723. The Bertz CT molecular complexity index is 827. The van der Waals surface area contributed by atoms with Gasteiger partial charge >= 0.3 is 0 Å². The summed E-state index contributed by atoms with van der Waals surface area (Å²) in [6.45, 7) is 2.14. The van der Waals surface area contributed by atoms with Gasteiger partial charge < -0.3 is 0 Å². The zero-order valence-electron chi connectivity index (χ0n) is 14.2. The van der Waals surface area contributed by atoms with Gasteiger partial charge in [-0.25, -0.2) is 0 Å². The number of pyridine rings is 1. The van der Waals surface area contributed by atoms with Gasteiger partial charge in [0.1, 0.15) is 0 Å². The molecule has 0 radical (unpaired) electrons. The normalized spacial score (nSPS) is 14.9. The van der Waals surface area contributed by atoms with Crippen molar-refractivity contribution in [3.8, 4) is 22.4 Å². The van der Waals surface area contributed by atoms with Gasteiger partial charge in [0.15, 0.2) is 0 Å². The summed E-state index contributed by atoms with van der Waals surface area (Å²) in [7, 11) is 0. The molecule has 0 saturated heterocycles. The minimum absolute atomic E-state index is 0.777. The van der Waals surface area contributed by atoms with Crippen LogP contribution in [0.25, 0.3) is 22.4 Å². The molecule has 0 atom stereocenters. The molecule has 4 rings (SSSR count). The van der Waals surface area contributed by atoms with E-state index in [0.29, 0.717) is 0 Å². The third kappa shape index (κ3) is 2.99. The van der Waals surface area contributed by atoms with Gasteiger partial charge in [0.2, 0.25) is 0 Å². The standard InChI is InChI=1S/C23H23N/c1-17-6-2-5-9-22(17)23-16-21(14-15-24-23)20-12-10-19(11-13-20)18-7-3-4-8-18/h2,5-6,9-16,18H,3-4,7-8H2,1H3. The molecule has 0 aliphatic heterocycles. The van der Waals surface area contributed by atoms with Gasteiger partial charge in [0.05, 0.1) is 5.69 Å². The zero-order chi connectivity index (χ0) is 16.4. The van der Waals surface area contributed by atoms with E-state index in [1.165, 1.54) is 53.5 Å². The molecule has 1 nitrogen and oxygen atoms in total. The molecule has 1 aliphatic carbocycles. The molecule has 1 heterocycles. The number of benzene rings is 2. The summed E-state index contributed by atoms with van der Waals surface area (Å²) in [6, 6.07) is 21.9. The van der Waals surface area contributed by atoms with E-state index in [-0.39, 0.29) is 0 Å². The molecule has 1 aromatic heterocycles. The molecule has 0 amide bonds. The maximum absolute atomic E-state index is 4.58. The summed E-state index contributed by atoms with van der Waals surface area (Å²) in [6.07, 6.45) is 7.40. The van der Waals surface area contributed by atoms with Crippen molar-refractivity contribution < 1.29 is 0 Å². The average molecular weight is 313 g/mol. The van der Waals surface area contributed by atoms with Gasteiger partial charge in [-0.3, -0.25) is 4.98 Å². The van der Waals surface area contributed by atoms with Crippen LogP contribution in [0.15, 0.2) is 66.9 Å². The van der Waals surface area contributed by atoms with Crippen LogP contribution in [-0.2, 0) is 0 Å². The van der Waals surface area contributed by atoms with Crippen LogP contribution < -0.4 is 0 Å². The Hall–Kier alpha value is -2.41. The third-order valence-corrected chi connectivity index (χ3v) is 5.25. The van der Waals surface area contributed by atoms with Crippen molar-refractivity contribution in [2.24, 2.45) is 0 Å². The minimum atomic E-state index is 0.777. The molecular formula is C23H23N. The van der Waals surface area contributed by atoms with Crippen molar-refractivity contribution in [3.05, 3.63) is 78.0 Å². The highest BCUT2D eigenvalue weighted by Crippen LogP contribution is 2.35. The number of hydrogen-bond donors (Lipinski definition) is 0. The van der Waals surface area contributed by atoms with Crippen LogP contribution in [0.5, 0.6) is 0 Å². The van der Waals surface area contributed by atoms with E-state index in [9.17, 15) is 0 Å². The summed E-state index contributed by atoms with van der Waals surface area (Å²) in [5.74, 6) is 0.777. The molecule has 24 heavy (non-hydrogen) atoms. The predicted octanol–water partition coefficient (Wildman–Crippen LogP) is 6.38. The first-order chi connectivity index (χ1) is 11.8. The lowest BCUT2D eigenvalue weighted by Crippen LogP contribution is -1.92. The molecule has 1 saturated carbocycles. The number of nitrogens with zero attached hydrogens (tertiary/aromatic N) is 1. The molecule has 0 bridgehead atoms. The first-order valence-electron chi connectivity index (χ1n) is 8.94. The van der Waals surface area contributed by atoms with Gasteiger partial charge in [0.25, 0.3) is 0 Å². The number of rotatable bonds is 3. The summed E-state index contributed by atoms with van der Waals surface area (Å²) >= 11 is 0. The monoisotopic (exact) mass is 313 g/mol. The van der Waals surface area contributed by atoms with E-state index in [4.69, 9.17) is 0 Å². The summed E-state index contributed by atoms with van der Waals surface area (Å²) in [5.41, 5.74) is 7.53. The molecule has 1 aliphatic rings. The number of aromatic nitrogens is 1. The van der Waals surface area contributed by atoms with Crippen molar-refractivity contribution in [1.82, 2.24) is 4.98 Å². The lowest BCUT2D eigenvalue weighted by Gasteiger charge is -2.11. The first kappa shape index (κ1) is 15.1. The summed E-state index contributed by atoms with van der Waals surface area (Å²) < 4.78 is 0. The van der Waals surface area contributed by atoms with Crippen molar-refractivity contribution in [3.63, 3.8) is 0 Å². The quantitative estimate of drug-likeness (QED) is 0.546. The van der Waals surface area contributed by atoms with Crippen LogP contribution in [0.1, 0.15) is 42.7 Å². The molecule has 0 spiro atoms. The van der Waals surface area contributed by atoms with Gasteiger partial charge in [-0.05, 0) is 60.1 Å². The molecular weight excluding hydrogens is 290 g/mol. The highest BCUT2D eigenvalue weighted by atomic mass is 14.7. The van der Waals surface area contributed by atoms with E-state index in [1.807, 2.05) is 6.20 Å². The Morgan fingerprint density at radius 2 is 1.58 bits per heavy atom. The Morgan fingerprint density at radius 3 is 2.33 bits per heavy atom. The van der Waals surface area contributed by atoms with Crippen LogP contribution in [0.3, 0.4) is 0 Å². The predicted molar refractivity (Wildman–Crippen MR) is 101 cm³/mol. The molecule has 0 unspecified atom stereocenters. The molecule has 0 N–H and O–H groups in total. The number of hydrogen-bond acceptors (Lipinski definition) is 1. The SMILES string of the molecule is Cc1ccccc1-c1cc(-c2ccc(C3CCCC3)cc2)ccn1. The van der Waals surface area contributed by atoms with E-state index in [1.54, 1.807) is 0 Å². The molecule has 120 valence electrons. The van der Waals surface area contributed by atoms with Crippen LogP contribution in [-0.4, -0.2) is 4.98 Å². The second-order valence-electron chi connectivity index (χ2n) is 6.85. The highest BCUT2D eigenvalue weighted by Gasteiger charge is 2.16. The van der Waals surface area contributed by atoms with Crippen LogP contribution >= 0.6 is 0 Å². The van der Waals surface area contributed by atoms with E-state index >= 15 is 0 Å². The van der Waals surface area contributed by atoms with Gasteiger partial charge in [0, 0.05) is 11.8 Å². The average Bonchev–Trinajstić information content (AvgIpc) is 3.17. The van der Waals surface area contributed by atoms with E-state index < -0.39 is 0 Å². The van der Waals surface area contributed by atoms with Crippen molar-refractivity contribution >= 4 is 0 Å². The zero-order valence-corrected chi connectivity index (χ0v) is 14.2. The molecule has 2 aromatic carbocycles. The largest absolute Gasteiger partial charge is 0.256 e. The fourth-order valence-electron chi connectivity index (χ4n) is 3.82.